The second kappa shape index (κ2) is 11.0. The molecule has 2 unspecified atom stereocenters. The number of aromatic nitrogens is 3. The summed E-state index contributed by atoms with van der Waals surface area (Å²) >= 11 is 1.36. The third-order valence-electron chi connectivity index (χ3n) is 7.28. The Morgan fingerprint density at radius 2 is 1.97 bits per heavy atom. The lowest BCUT2D eigenvalue weighted by Gasteiger charge is -2.28. The molecule has 2 aromatic rings. The zero-order chi connectivity index (χ0) is 27.7. The van der Waals surface area contributed by atoms with Crippen molar-refractivity contribution >= 4 is 47.1 Å². The van der Waals surface area contributed by atoms with Gasteiger partial charge in [0.15, 0.2) is 5.78 Å². The molecule has 3 atom stereocenters. The maximum absolute atomic E-state index is 13.2. The number of carbonyl (C=O) groups is 4. The Balaban J connectivity index is 1.24. The Labute approximate surface area is 229 Å². The largest absolute Gasteiger partial charge is 0.373 e. The number of piperidine rings is 1. The summed E-state index contributed by atoms with van der Waals surface area (Å²) in [5, 5.41) is 11.1. The maximum atomic E-state index is 13.2. The maximum Gasteiger partial charge on any atom is 0.280 e. The van der Waals surface area contributed by atoms with Gasteiger partial charge in [0.25, 0.3) is 5.91 Å². The number of carbonyl (C=O) groups excluding carboxylic acids is 4. The van der Waals surface area contributed by atoms with E-state index >= 15 is 0 Å². The molecular formula is C25H31N9O4S. The van der Waals surface area contributed by atoms with E-state index in [2.05, 4.69) is 35.8 Å². The zero-order valence-electron chi connectivity index (χ0n) is 22.0. The van der Waals surface area contributed by atoms with E-state index in [4.69, 9.17) is 0 Å². The van der Waals surface area contributed by atoms with Crippen LogP contribution in [0, 0.1) is 11.8 Å². The van der Waals surface area contributed by atoms with Crippen molar-refractivity contribution in [1.82, 2.24) is 35.4 Å². The summed E-state index contributed by atoms with van der Waals surface area (Å²) in [5.41, 5.74) is 0.859. The van der Waals surface area contributed by atoms with Crippen LogP contribution in [-0.4, -0.2) is 88.2 Å². The summed E-state index contributed by atoms with van der Waals surface area (Å²) in [6.07, 6.45) is 5.34. The summed E-state index contributed by atoms with van der Waals surface area (Å²) in [5.74, 6) is 1.73. The van der Waals surface area contributed by atoms with E-state index in [-0.39, 0.29) is 31.1 Å². The lowest BCUT2D eigenvalue weighted by molar-refractivity contribution is -0.140. The minimum Gasteiger partial charge on any atom is -0.373 e. The lowest BCUT2D eigenvalue weighted by atomic mass is 10.2. The van der Waals surface area contributed by atoms with Gasteiger partial charge in [-0.05, 0) is 25.2 Å². The molecule has 13 nitrogen and oxygen atoms in total. The molecule has 0 radical (unpaired) electrons. The lowest BCUT2D eigenvalue weighted by Crippen LogP contribution is -2.46. The number of imide groups is 1. The quantitative estimate of drug-likeness (QED) is 0.335. The van der Waals surface area contributed by atoms with Crippen molar-refractivity contribution in [3.05, 3.63) is 29.3 Å². The highest BCUT2D eigenvalue weighted by atomic mass is 32.1. The Morgan fingerprint density at radius 1 is 1.26 bits per heavy atom. The fraction of sp³-hybridized carbons (Fsp3) is 0.480. The van der Waals surface area contributed by atoms with Gasteiger partial charge in [-0.2, -0.15) is 0 Å². The molecule has 0 spiro atoms. The molecule has 2 aromatic heterocycles. The van der Waals surface area contributed by atoms with E-state index in [1.54, 1.807) is 43.6 Å². The smallest absolute Gasteiger partial charge is 0.280 e. The number of nitrogens with zero attached hydrogens (tertiary/aromatic N) is 6. The molecule has 5 rings (SSSR count). The van der Waals surface area contributed by atoms with Crippen LogP contribution in [0.25, 0.3) is 10.6 Å². The van der Waals surface area contributed by atoms with Crippen LogP contribution in [0.5, 0.6) is 0 Å². The van der Waals surface area contributed by atoms with Crippen LogP contribution in [0.1, 0.15) is 26.7 Å². The number of Topliss-reactive ketones (excluding diaryl/α,β-unsaturated/α-hetero) is 1. The van der Waals surface area contributed by atoms with Crippen molar-refractivity contribution < 1.29 is 19.2 Å². The third kappa shape index (κ3) is 5.41. The van der Waals surface area contributed by atoms with E-state index in [0.29, 0.717) is 23.1 Å². The number of anilines is 2. The van der Waals surface area contributed by atoms with Crippen LogP contribution >= 0.6 is 11.3 Å². The van der Waals surface area contributed by atoms with Crippen molar-refractivity contribution in [2.24, 2.45) is 11.8 Å². The van der Waals surface area contributed by atoms with Crippen molar-refractivity contribution in [1.29, 1.82) is 0 Å². The SMILES string of the molecule is CCC(=O)CN(C=O)C(=O)C1=C(NC)NCN1[C@@H](C)C(=O)Nc1csc(-c2cnc(N3CC4CC4C3)nc2)n1. The fourth-order valence-electron chi connectivity index (χ4n) is 4.82. The second-order valence-corrected chi connectivity index (χ2v) is 10.7. The molecule has 2 fully saturated rings. The normalized spacial score (nSPS) is 20.3. The van der Waals surface area contributed by atoms with Gasteiger partial charge >= 0.3 is 0 Å². The van der Waals surface area contributed by atoms with Crippen LogP contribution < -0.4 is 20.9 Å². The summed E-state index contributed by atoms with van der Waals surface area (Å²) in [6.45, 7) is 5.17. The molecule has 3 N–H and O–H groups in total. The third-order valence-corrected chi connectivity index (χ3v) is 8.17. The zero-order valence-corrected chi connectivity index (χ0v) is 22.8. The number of rotatable bonds is 11. The summed E-state index contributed by atoms with van der Waals surface area (Å²) in [6, 6.07) is -0.794. The van der Waals surface area contributed by atoms with Crippen LogP contribution in [0.3, 0.4) is 0 Å². The molecule has 4 heterocycles. The minimum absolute atomic E-state index is 0.0997. The first-order valence-electron chi connectivity index (χ1n) is 12.9. The molecular weight excluding hydrogens is 522 g/mol. The van der Waals surface area contributed by atoms with Crippen molar-refractivity contribution in [2.45, 2.75) is 32.7 Å². The van der Waals surface area contributed by atoms with E-state index in [9.17, 15) is 19.2 Å². The van der Waals surface area contributed by atoms with Crippen molar-refractivity contribution in [3.63, 3.8) is 0 Å². The van der Waals surface area contributed by atoms with Crippen LogP contribution in [-0.2, 0) is 19.2 Å². The summed E-state index contributed by atoms with van der Waals surface area (Å²) < 4.78 is 0. The molecule has 0 bridgehead atoms. The highest BCUT2D eigenvalue weighted by Crippen LogP contribution is 2.45. The summed E-state index contributed by atoms with van der Waals surface area (Å²) in [7, 11) is 1.62. The molecule has 206 valence electrons. The Hall–Kier alpha value is -4.07. The van der Waals surface area contributed by atoms with Gasteiger partial charge in [0.05, 0.1) is 13.2 Å². The predicted octanol–water partition coefficient (Wildman–Crippen LogP) is 0.599. The van der Waals surface area contributed by atoms with Crippen LogP contribution in [0.15, 0.2) is 29.3 Å². The average Bonchev–Trinajstić information content (AvgIpc) is 3.32. The molecule has 1 aliphatic carbocycles. The number of nitrogens with one attached hydrogen (secondary N) is 3. The molecule has 2 aliphatic heterocycles. The van der Waals surface area contributed by atoms with Gasteiger partial charge < -0.3 is 25.8 Å². The van der Waals surface area contributed by atoms with E-state index in [1.807, 2.05) is 0 Å². The monoisotopic (exact) mass is 553 g/mol. The minimum atomic E-state index is -0.794. The van der Waals surface area contributed by atoms with Gasteiger partial charge in [0.1, 0.15) is 28.4 Å². The second-order valence-electron chi connectivity index (χ2n) is 9.84. The predicted molar refractivity (Wildman–Crippen MR) is 144 cm³/mol. The number of ketones is 1. The molecule has 39 heavy (non-hydrogen) atoms. The number of fused-ring (bicyclic) bond motifs is 1. The number of hydrogen-bond acceptors (Lipinski definition) is 12. The van der Waals surface area contributed by atoms with Crippen LogP contribution in [0.2, 0.25) is 0 Å². The molecule has 14 heteroatoms. The van der Waals surface area contributed by atoms with Gasteiger partial charge in [-0.1, -0.05) is 6.92 Å². The van der Waals surface area contributed by atoms with Gasteiger partial charge in [-0.25, -0.2) is 15.0 Å². The first kappa shape index (κ1) is 26.5. The van der Waals surface area contributed by atoms with E-state index in [0.717, 1.165) is 41.3 Å². The highest BCUT2D eigenvalue weighted by molar-refractivity contribution is 7.13. The molecule has 3 aliphatic rings. The van der Waals surface area contributed by atoms with Gasteiger partial charge in [0, 0.05) is 49.9 Å². The van der Waals surface area contributed by atoms with Crippen LogP contribution in [0.4, 0.5) is 11.8 Å². The molecule has 1 saturated carbocycles. The number of thiazole rings is 1. The van der Waals surface area contributed by atoms with E-state index in [1.165, 1.54) is 17.8 Å². The average molecular weight is 554 g/mol. The Morgan fingerprint density at radius 3 is 2.62 bits per heavy atom. The topological polar surface area (TPSA) is 153 Å². The highest BCUT2D eigenvalue weighted by Gasteiger charge is 2.45. The van der Waals surface area contributed by atoms with Gasteiger partial charge in [-0.3, -0.25) is 24.1 Å². The van der Waals surface area contributed by atoms with E-state index < -0.39 is 17.9 Å². The number of hydrogen-bond donors (Lipinski definition) is 3. The van der Waals surface area contributed by atoms with Crippen molar-refractivity contribution in [3.8, 4) is 10.6 Å². The number of amides is 3. The summed E-state index contributed by atoms with van der Waals surface area (Å²) in [4.78, 5) is 67.9. The molecule has 1 saturated heterocycles. The molecule has 0 aromatic carbocycles. The first-order chi connectivity index (χ1) is 18.8. The van der Waals surface area contributed by atoms with Crippen molar-refractivity contribution in [2.75, 3.05) is 43.6 Å². The standard InChI is InChI=1S/C25H31N9O4S/c1-4-18(36)10-33(13-35)24(38)20-21(26-3)29-12-34(20)14(2)22(37)30-19-11-39-23(31-19)17-6-27-25(28-7-17)32-8-15-5-16(15)9-32/h6-7,11,13-16,26,29H,4-5,8-10,12H2,1-3H3,(H,30,37)/t14-,15?,16?/m0/s1. The molecule has 3 amide bonds. The van der Waals surface area contributed by atoms with Gasteiger partial charge in [-0.15, -0.1) is 11.3 Å². The Kier molecular flexibility index (Phi) is 7.46. The fourth-order valence-corrected chi connectivity index (χ4v) is 5.55. The van der Waals surface area contributed by atoms with Gasteiger partial charge in [0.2, 0.25) is 18.3 Å². The first-order valence-corrected chi connectivity index (χ1v) is 13.7. The Bertz CT molecular complexity index is 1300.